The fraction of sp³-hybridized carbons (Fsp3) is 0.571. The number of fused-ring (bicyclic) bond motifs is 3. The Kier molecular flexibility index (Phi) is 4.33. The summed E-state index contributed by atoms with van der Waals surface area (Å²) in [6, 6.07) is 6.51. The van der Waals surface area contributed by atoms with Crippen LogP contribution in [-0.4, -0.2) is 17.4 Å². The van der Waals surface area contributed by atoms with Gasteiger partial charge < -0.3 is 9.72 Å². The van der Waals surface area contributed by atoms with Crippen LogP contribution in [0.4, 0.5) is 0 Å². The molecular formula is C21H29NO2. The lowest BCUT2D eigenvalue weighted by molar-refractivity contribution is -0.138. The van der Waals surface area contributed by atoms with E-state index >= 15 is 0 Å². The number of aryl methyl sites for hydroxylation is 1. The Morgan fingerprint density at radius 1 is 1.29 bits per heavy atom. The van der Waals surface area contributed by atoms with Crippen LogP contribution in [-0.2, 0) is 28.0 Å². The van der Waals surface area contributed by atoms with Crippen LogP contribution in [0.15, 0.2) is 18.2 Å². The van der Waals surface area contributed by atoms with Crippen molar-refractivity contribution in [2.24, 2.45) is 5.41 Å². The maximum atomic E-state index is 12.8. The van der Waals surface area contributed by atoms with E-state index in [-0.39, 0.29) is 11.2 Å². The number of rotatable bonds is 4. The minimum Gasteiger partial charge on any atom is -0.368 e. The summed E-state index contributed by atoms with van der Waals surface area (Å²) in [5.74, 6) is 0.256. The van der Waals surface area contributed by atoms with E-state index in [2.05, 4.69) is 37.0 Å². The molecule has 2 aromatic rings. The SMILES string of the molecule is CCc1cccc2c3c([nH]c12)C(CC)(CC(=O)C(C)(C)C)OCC3. The molecule has 2 heterocycles. The summed E-state index contributed by atoms with van der Waals surface area (Å²) in [4.78, 5) is 16.4. The van der Waals surface area contributed by atoms with Gasteiger partial charge in [-0.2, -0.15) is 0 Å². The molecule has 1 N–H and O–H groups in total. The number of Topliss-reactive ketones (excluding diaryl/α,β-unsaturated/α-hetero) is 1. The number of ketones is 1. The van der Waals surface area contributed by atoms with Crippen LogP contribution >= 0.6 is 0 Å². The molecule has 0 saturated carbocycles. The number of H-pyrrole nitrogens is 1. The van der Waals surface area contributed by atoms with Gasteiger partial charge in [-0.05, 0) is 30.4 Å². The molecule has 0 radical (unpaired) electrons. The maximum Gasteiger partial charge on any atom is 0.141 e. The van der Waals surface area contributed by atoms with E-state index in [0.717, 1.165) is 25.0 Å². The number of hydrogen-bond donors (Lipinski definition) is 1. The largest absolute Gasteiger partial charge is 0.368 e. The lowest BCUT2D eigenvalue weighted by Gasteiger charge is -2.37. The number of carbonyl (C=O) groups is 1. The van der Waals surface area contributed by atoms with Gasteiger partial charge in [-0.15, -0.1) is 0 Å². The van der Waals surface area contributed by atoms with Gasteiger partial charge in [0.15, 0.2) is 0 Å². The molecule has 24 heavy (non-hydrogen) atoms. The number of hydrogen-bond acceptors (Lipinski definition) is 2. The van der Waals surface area contributed by atoms with Crippen LogP contribution < -0.4 is 0 Å². The van der Waals surface area contributed by atoms with E-state index < -0.39 is 5.60 Å². The molecule has 3 heteroatoms. The van der Waals surface area contributed by atoms with Gasteiger partial charge >= 0.3 is 0 Å². The van der Waals surface area contributed by atoms with Gasteiger partial charge in [-0.1, -0.05) is 52.8 Å². The van der Waals surface area contributed by atoms with Crippen LogP contribution in [0.5, 0.6) is 0 Å². The first kappa shape index (κ1) is 17.2. The van der Waals surface area contributed by atoms with Gasteiger partial charge in [-0.3, -0.25) is 4.79 Å². The van der Waals surface area contributed by atoms with Gasteiger partial charge in [0.1, 0.15) is 11.4 Å². The normalized spacial score (nSPS) is 21.0. The molecule has 0 fully saturated rings. The highest BCUT2D eigenvalue weighted by Crippen LogP contribution is 2.43. The molecule has 0 aliphatic carbocycles. The maximum absolute atomic E-state index is 12.8. The Balaban J connectivity index is 2.14. The highest BCUT2D eigenvalue weighted by Gasteiger charge is 2.42. The lowest BCUT2D eigenvalue weighted by atomic mass is 9.78. The molecule has 3 rings (SSSR count). The van der Waals surface area contributed by atoms with Crippen molar-refractivity contribution in [3.8, 4) is 0 Å². The van der Waals surface area contributed by atoms with Crippen molar-refractivity contribution < 1.29 is 9.53 Å². The van der Waals surface area contributed by atoms with Crippen LogP contribution in [0.2, 0.25) is 0 Å². The third-order valence-electron chi connectivity index (χ3n) is 5.45. The fourth-order valence-electron chi connectivity index (χ4n) is 3.77. The number of para-hydroxylation sites is 1. The van der Waals surface area contributed by atoms with E-state index in [1.165, 1.54) is 22.0 Å². The average Bonchev–Trinajstić information content (AvgIpc) is 2.94. The number of nitrogens with one attached hydrogen (secondary N) is 1. The molecule has 1 atom stereocenters. The number of aromatic amines is 1. The summed E-state index contributed by atoms with van der Waals surface area (Å²) in [7, 11) is 0. The summed E-state index contributed by atoms with van der Waals surface area (Å²) >= 11 is 0. The number of carbonyl (C=O) groups excluding carboxylic acids is 1. The monoisotopic (exact) mass is 327 g/mol. The molecular weight excluding hydrogens is 298 g/mol. The third-order valence-corrected chi connectivity index (χ3v) is 5.45. The molecule has 1 aromatic heterocycles. The Hall–Kier alpha value is -1.61. The Labute approximate surface area is 144 Å². The van der Waals surface area contributed by atoms with Gasteiger partial charge in [-0.25, -0.2) is 0 Å². The second-order valence-corrected chi connectivity index (χ2v) is 7.97. The van der Waals surface area contributed by atoms with Crippen LogP contribution in [0, 0.1) is 5.41 Å². The van der Waals surface area contributed by atoms with Gasteiger partial charge in [0.2, 0.25) is 0 Å². The fourth-order valence-corrected chi connectivity index (χ4v) is 3.77. The number of aromatic nitrogens is 1. The van der Waals surface area contributed by atoms with E-state index in [4.69, 9.17) is 4.74 Å². The Bertz CT molecular complexity index is 766. The standard InChI is InChI=1S/C21H29NO2/c1-6-14-9-8-10-15-16-11-12-24-21(7-2,19(16)22-18(14)15)13-17(23)20(3,4)5/h8-10,22H,6-7,11-13H2,1-5H3. The molecule has 1 aliphatic rings. The van der Waals surface area contributed by atoms with Crippen molar-refractivity contribution in [1.82, 2.24) is 4.98 Å². The van der Waals surface area contributed by atoms with Crippen molar-refractivity contribution in [2.75, 3.05) is 6.61 Å². The van der Waals surface area contributed by atoms with Gasteiger partial charge in [0.05, 0.1) is 12.3 Å². The molecule has 3 nitrogen and oxygen atoms in total. The zero-order valence-corrected chi connectivity index (χ0v) is 15.6. The Morgan fingerprint density at radius 2 is 2.04 bits per heavy atom. The van der Waals surface area contributed by atoms with Crippen molar-refractivity contribution in [3.05, 3.63) is 35.0 Å². The topological polar surface area (TPSA) is 42.1 Å². The number of ether oxygens (including phenoxy) is 1. The predicted octanol–water partition coefficient (Wildman–Crippen LogP) is 4.91. The first-order valence-corrected chi connectivity index (χ1v) is 9.12. The van der Waals surface area contributed by atoms with Crippen LogP contribution in [0.25, 0.3) is 10.9 Å². The van der Waals surface area contributed by atoms with E-state index in [1.807, 2.05) is 20.8 Å². The van der Waals surface area contributed by atoms with E-state index in [0.29, 0.717) is 13.0 Å². The third kappa shape index (κ3) is 2.69. The molecule has 0 saturated heterocycles. The van der Waals surface area contributed by atoms with E-state index in [1.54, 1.807) is 0 Å². The smallest absolute Gasteiger partial charge is 0.141 e. The lowest BCUT2D eigenvalue weighted by Crippen LogP contribution is -2.39. The van der Waals surface area contributed by atoms with Crippen LogP contribution in [0.3, 0.4) is 0 Å². The molecule has 0 bridgehead atoms. The molecule has 1 unspecified atom stereocenters. The highest BCUT2D eigenvalue weighted by atomic mass is 16.5. The van der Waals surface area contributed by atoms with Crippen molar-refractivity contribution in [1.29, 1.82) is 0 Å². The van der Waals surface area contributed by atoms with Crippen molar-refractivity contribution in [2.45, 2.75) is 65.9 Å². The summed E-state index contributed by atoms with van der Waals surface area (Å²) < 4.78 is 6.26. The summed E-state index contributed by atoms with van der Waals surface area (Å²) in [5, 5.41) is 1.30. The Morgan fingerprint density at radius 3 is 2.67 bits per heavy atom. The van der Waals surface area contributed by atoms with Gasteiger partial charge in [0, 0.05) is 22.7 Å². The van der Waals surface area contributed by atoms with E-state index in [9.17, 15) is 4.79 Å². The quantitative estimate of drug-likeness (QED) is 0.866. The molecule has 0 amide bonds. The molecule has 130 valence electrons. The number of benzene rings is 1. The summed E-state index contributed by atoms with van der Waals surface area (Å²) in [5.41, 5.74) is 4.16. The van der Waals surface area contributed by atoms with Crippen molar-refractivity contribution >= 4 is 16.7 Å². The van der Waals surface area contributed by atoms with Gasteiger partial charge in [0.25, 0.3) is 0 Å². The zero-order valence-electron chi connectivity index (χ0n) is 15.6. The molecule has 1 aromatic carbocycles. The predicted molar refractivity (Wildman–Crippen MR) is 98.4 cm³/mol. The zero-order chi connectivity index (χ0) is 17.5. The second kappa shape index (κ2) is 6.03. The molecule has 1 aliphatic heterocycles. The first-order valence-electron chi connectivity index (χ1n) is 9.12. The average molecular weight is 327 g/mol. The summed E-state index contributed by atoms with van der Waals surface area (Å²) in [6.07, 6.45) is 3.15. The summed E-state index contributed by atoms with van der Waals surface area (Å²) in [6.45, 7) is 11.0. The first-order chi connectivity index (χ1) is 11.3. The van der Waals surface area contributed by atoms with Crippen molar-refractivity contribution in [3.63, 3.8) is 0 Å². The minimum absolute atomic E-state index is 0.256. The van der Waals surface area contributed by atoms with Crippen LogP contribution in [0.1, 0.15) is 64.3 Å². The second-order valence-electron chi connectivity index (χ2n) is 7.97. The highest BCUT2D eigenvalue weighted by molar-refractivity contribution is 5.89. The molecule has 0 spiro atoms. The minimum atomic E-state index is -0.512.